The van der Waals surface area contributed by atoms with Crippen molar-refractivity contribution in [3.8, 4) is 11.1 Å². The second-order valence-electron chi connectivity index (χ2n) is 12.6. The van der Waals surface area contributed by atoms with E-state index in [-0.39, 0.29) is 5.91 Å². The van der Waals surface area contributed by atoms with Crippen LogP contribution in [0.3, 0.4) is 0 Å². The van der Waals surface area contributed by atoms with Crippen molar-refractivity contribution in [3.63, 3.8) is 0 Å². The number of fused-ring (bicyclic) bond motifs is 3. The van der Waals surface area contributed by atoms with Gasteiger partial charge in [-0.05, 0) is 73.9 Å². The molecular formula is C35H37N3O6. The lowest BCUT2D eigenvalue weighted by Crippen LogP contribution is -2.57. The zero-order valence-electron chi connectivity index (χ0n) is 25.6. The number of methoxy groups -OCH3 is 1. The van der Waals surface area contributed by atoms with Gasteiger partial charge in [0.25, 0.3) is 5.91 Å². The molecule has 0 saturated carbocycles. The Labute approximate surface area is 257 Å². The minimum absolute atomic E-state index is 0.293. The van der Waals surface area contributed by atoms with Crippen LogP contribution in [0.4, 0.5) is 10.5 Å². The summed E-state index contributed by atoms with van der Waals surface area (Å²) in [6.07, 6.45) is 0.554. The van der Waals surface area contributed by atoms with E-state index in [9.17, 15) is 19.2 Å². The van der Waals surface area contributed by atoms with Gasteiger partial charge in [-0.2, -0.15) is 0 Å². The van der Waals surface area contributed by atoms with Crippen molar-refractivity contribution >= 4 is 29.6 Å². The number of ether oxygens (including phenoxy) is 2. The van der Waals surface area contributed by atoms with Crippen molar-refractivity contribution in [1.82, 2.24) is 10.2 Å². The van der Waals surface area contributed by atoms with E-state index in [1.54, 1.807) is 37.5 Å². The second-order valence-corrected chi connectivity index (χ2v) is 12.6. The zero-order valence-corrected chi connectivity index (χ0v) is 25.6. The largest absolute Gasteiger partial charge is 0.458 e. The molecular weight excluding hydrogens is 558 g/mol. The molecule has 44 heavy (non-hydrogen) atoms. The van der Waals surface area contributed by atoms with Crippen LogP contribution in [-0.4, -0.2) is 59.6 Å². The van der Waals surface area contributed by atoms with Gasteiger partial charge in [-0.15, -0.1) is 0 Å². The van der Waals surface area contributed by atoms with Crippen LogP contribution in [0.25, 0.3) is 11.1 Å². The Morgan fingerprint density at radius 1 is 0.932 bits per heavy atom. The molecule has 9 nitrogen and oxygen atoms in total. The second kappa shape index (κ2) is 11.1. The highest BCUT2D eigenvalue weighted by atomic mass is 16.6. The van der Waals surface area contributed by atoms with Crippen molar-refractivity contribution in [3.05, 3.63) is 89.0 Å². The molecule has 2 heterocycles. The first kappa shape index (κ1) is 29.4. The maximum Gasteiger partial charge on any atom is 0.410 e. The number of rotatable bonds is 5. The molecule has 0 radical (unpaired) electrons. The van der Waals surface area contributed by atoms with Crippen molar-refractivity contribution in [2.75, 3.05) is 12.0 Å². The van der Waals surface area contributed by atoms with Gasteiger partial charge in [0.2, 0.25) is 5.91 Å². The first-order valence-corrected chi connectivity index (χ1v) is 15.0. The van der Waals surface area contributed by atoms with Gasteiger partial charge >= 0.3 is 12.1 Å². The van der Waals surface area contributed by atoms with E-state index >= 15 is 0 Å². The number of anilines is 1. The third-order valence-corrected chi connectivity index (χ3v) is 8.60. The molecule has 1 aliphatic carbocycles. The maximum absolute atomic E-state index is 14.7. The molecule has 3 atom stereocenters. The van der Waals surface area contributed by atoms with Gasteiger partial charge in [-0.3, -0.25) is 19.4 Å². The van der Waals surface area contributed by atoms with Crippen LogP contribution in [0.1, 0.15) is 62.4 Å². The number of hydrogen-bond acceptors (Lipinski definition) is 6. The number of esters is 1. The number of carbonyl (C=O) groups is 4. The Morgan fingerprint density at radius 2 is 1.55 bits per heavy atom. The molecule has 6 rings (SSSR count). The summed E-state index contributed by atoms with van der Waals surface area (Å²) in [4.78, 5) is 58.0. The Balaban J connectivity index is 1.38. The fraction of sp³-hybridized carbons (Fsp3) is 0.371. The van der Waals surface area contributed by atoms with Gasteiger partial charge in [-0.25, -0.2) is 9.59 Å². The third kappa shape index (κ3) is 5.00. The van der Waals surface area contributed by atoms with Crippen LogP contribution >= 0.6 is 0 Å². The molecule has 9 heteroatoms. The first-order chi connectivity index (χ1) is 21.0. The standard InChI is InChI=1S/C35H37N3O6/c1-20(33(41)44-35(2,3)4)36-31(39)28-19-22-12-10-11-21-17-18-27(32(40)37(28)29(21)22)38(34(42)43-5)30-25-15-8-6-13-23(25)24-14-7-9-16-26(24)30/h6-16,20,27-28,30H,17-19H2,1-5H3,(H,36,39). The lowest BCUT2D eigenvalue weighted by Gasteiger charge is -2.37. The summed E-state index contributed by atoms with van der Waals surface area (Å²) >= 11 is 0. The van der Waals surface area contributed by atoms with Gasteiger partial charge in [0.1, 0.15) is 23.7 Å². The zero-order chi connectivity index (χ0) is 31.3. The van der Waals surface area contributed by atoms with Crippen LogP contribution < -0.4 is 10.2 Å². The minimum Gasteiger partial charge on any atom is -0.458 e. The Hall–Kier alpha value is -4.66. The highest BCUT2D eigenvalue weighted by Crippen LogP contribution is 2.48. The monoisotopic (exact) mass is 595 g/mol. The number of nitrogens with one attached hydrogen (secondary N) is 1. The van der Waals surface area contributed by atoms with E-state index in [4.69, 9.17) is 9.47 Å². The average molecular weight is 596 g/mol. The maximum atomic E-state index is 14.7. The van der Waals surface area contributed by atoms with Gasteiger partial charge in [0.15, 0.2) is 0 Å². The van der Waals surface area contributed by atoms with Gasteiger partial charge in [0, 0.05) is 6.42 Å². The lowest BCUT2D eigenvalue weighted by atomic mass is 9.97. The average Bonchev–Trinajstić information content (AvgIpc) is 3.50. The predicted octanol–water partition coefficient (Wildman–Crippen LogP) is 4.94. The van der Waals surface area contributed by atoms with Crippen molar-refractivity contribution in [2.24, 2.45) is 0 Å². The smallest absolute Gasteiger partial charge is 0.410 e. The van der Waals surface area contributed by atoms with E-state index in [1.165, 1.54) is 7.11 Å². The highest BCUT2D eigenvalue weighted by Gasteiger charge is 2.49. The van der Waals surface area contributed by atoms with Gasteiger partial charge < -0.3 is 14.8 Å². The van der Waals surface area contributed by atoms with Crippen molar-refractivity contribution in [2.45, 2.75) is 76.7 Å². The van der Waals surface area contributed by atoms with Crippen molar-refractivity contribution in [1.29, 1.82) is 0 Å². The van der Waals surface area contributed by atoms with Crippen molar-refractivity contribution < 1.29 is 28.7 Å². The molecule has 3 unspecified atom stereocenters. The molecule has 1 N–H and O–H groups in total. The molecule has 0 spiro atoms. The summed E-state index contributed by atoms with van der Waals surface area (Å²) in [5.74, 6) is -1.37. The number of amides is 3. The number of benzene rings is 3. The normalized spacial score (nSPS) is 19.3. The molecule has 228 valence electrons. The van der Waals surface area contributed by atoms with E-state index in [0.29, 0.717) is 24.9 Å². The number of nitrogens with zero attached hydrogens (tertiary/aromatic N) is 2. The summed E-state index contributed by atoms with van der Waals surface area (Å²) in [5, 5.41) is 2.77. The Kier molecular flexibility index (Phi) is 7.43. The first-order valence-electron chi connectivity index (χ1n) is 15.0. The number of hydrogen-bond donors (Lipinski definition) is 1. The van der Waals surface area contributed by atoms with E-state index in [0.717, 1.165) is 33.4 Å². The molecule has 3 aromatic rings. The minimum atomic E-state index is -0.916. The van der Waals surface area contributed by atoms with Gasteiger partial charge in [-0.1, -0.05) is 66.7 Å². The molecule has 3 amide bonds. The van der Waals surface area contributed by atoms with Crippen LogP contribution in [0.15, 0.2) is 66.7 Å². The number of carbonyl (C=O) groups excluding carboxylic acids is 4. The number of aryl methyl sites for hydroxylation is 1. The van der Waals surface area contributed by atoms with Gasteiger partial charge in [0.05, 0.1) is 18.8 Å². The number of para-hydroxylation sites is 1. The lowest BCUT2D eigenvalue weighted by molar-refractivity contribution is -0.158. The SMILES string of the molecule is COC(=O)N(C1CCc2cccc3c2N(C1=O)C(C(=O)NC(C)C(=O)OC(C)(C)C)C3)C1c2ccccc2-c2ccccc21. The summed E-state index contributed by atoms with van der Waals surface area (Å²) < 4.78 is 10.8. The quantitative estimate of drug-likeness (QED) is 0.419. The molecule has 3 aliphatic rings. The van der Waals surface area contributed by atoms with Crippen LogP contribution in [-0.2, 0) is 36.7 Å². The molecule has 0 saturated heterocycles. The summed E-state index contributed by atoms with van der Waals surface area (Å²) in [6.45, 7) is 6.86. The summed E-state index contributed by atoms with van der Waals surface area (Å²) in [7, 11) is 1.32. The molecule has 3 aromatic carbocycles. The molecule has 0 fully saturated rings. The van der Waals surface area contributed by atoms with E-state index in [2.05, 4.69) is 5.32 Å². The Morgan fingerprint density at radius 3 is 2.16 bits per heavy atom. The topological polar surface area (TPSA) is 105 Å². The van der Waals surface area contributed by atoms with Crippen LogP contribution in [0, 0.1) is 0 Å². The third-order valence-electron chi connectivity index (χ3n) is 8.60. The highest BCUT2D eigenvalue weighted by molar-refractivity contribution is 6.08. The molecule has 0 aromatic heterocycles. The molecule has 2 aliphatic heterocycles. The van der Waals surface area contributed by atoms with E-state index < -0.39 is 47.7 Å². The van der Waals surface area contributed by atoms with E-state index in [1.807, 2.05) is 66.7 Å². The van der Waals surface area contributed by atoms with Crippen LogP contribution in [0.2, 0.25) is 0 Å². The fourth-order valence-electron chi connectivity index (χ4n) is 6.79. The Bertz CT molecular complexity index is 1610. The summed E-state index contributed by atoms with van der Waals surface area (Å²) in [5.41, 5.74) is 5.65. The predicted molar refractivity (Wildman–Crippen MR) is 165 cm³/mol. The molecule has 0 bridgehead atoms. The summed E-state index contributed by atoms with van der Waals surface area (Å²) in [6, 6.07) is 18.3. The fourth-order valence-corrected chi connectivity index (χ4v) is 6.79. The van der Waals surface area contributed by atoms with Crippen LogP contribution in [0.5, 0.6) is 0 Å².